The van der Waals surface area contributed by atoms with Crippen molar-refractivity contribution >= 4 is 21.8 Å². The molecule has 0 aliphatic carbocycles. The van der Waals surface area contributed by atoms with Crippen LogP contribution >= 0.6 is 15.9 Å². The summed E-state index contributed by atoms with van der Waals surface area (Å²) in [5.41, 5.74) is 1.93. The van der Waals surface area contributed by atoms with Crippen LogP contribution in [0.1, 0.15) is 49.0 Å². The molecule has 1 amide bonds. The predicted octanol–water partition coefficient (Wildman–Crippen LogP) is 4.66. The summed E-state index contributed by atoms with van der Waals surface area (Å²) >= 11 is 3.49. The Kier molecular flexibility index (Phi) is 5.25. The van der Waals surface area contributed by atoms with Crippen LogP contribution in [0, 0.1) is 18.8 Å². The highest BCUT2D eigenvalue weighted by molar-refractivity contribution is 9.10. The van der Waals surface area contributed by atoms with Crippen molar-refractivity contribution in [3.8, 4) is 0 Å². The molecule has 1 aromatic rings. The SMILES string of the molecule is Cc1cc(C(=O)N2CCCC(C(C)C)CC2)ccc1Br. The number of likely N-dealkylation sites (tertiary alicyclic amines) is 1. The van der Waals surface area contributed by atoms with Crippen molar-refractivity contribution in [1.29, 1.82) is 0 Å². The molecular formula is C17H24BrNO. The lowest BCUT2D eigenvalue weighted by atomic mass is 9.89. The highest BCUT2D eigenvalue weighted by Gasteiger charge is 2.23. The Morgan fingerprint density at radius 1 is 1.30 bits per heavy atom. The number of carbonyl (C=O) groups is 1. The lowest BCUT2D eigenvalue weighted by Crippen LogP contribution is -2.32. The molecule has 1 heterocycles. The minimum absolute atomic E-state index is 0.185. The van der Waals surface area contributed by atoms with E-state index >= 15 is 0 Å². The molecule has 3 heteroatoms. The van der Waals surface area contributed by atoms with Crippen LogP contribution in [0.2, 0.25) is 0 Å². The highest BCUT2D eigenvalue weighted by Crippen LogP contribution is 2.26. The van der Waals surface area contributed by atoms with Crippen LogP contribution < -0.4 is 0 Å². The van der Waals surface area contributed by atoms with Gasteiger partial charge in [0.25, 0.3) is 5.91 Å². The topological polar surface area (TPSA) is 20.3 Å². The lowest BCUT2D eigenvalue weighted by molar-refractivity contribution is 0.0758. The number of amides is 1. The van der Waals surface area contributed by atoms with E-state index in [0.29, 0.717) is 0 Å². The number of benzene rings is 1. The second kappa shape index (κ2) is 6.75. The first kappa shape index (κ1) is 15.6. The standard InChI is InChI=1S/C17H24BrNO/c1-12(2)14-5-4-9-19(10-8-14)17(20)15-6-7-16(18)13(3)11-15/h6-7,11-12,14H,4-5,8-10H2,1-3H3. The van der Waals surface area contributed by atoms with Gasteiger partial charge in [0.15, 0.2) is 0 Å². The molecule has 2 nitrogen and oxygen atoms in total. The van der Waals surface area contributed by atoms with Gasteiger partial charge in [-0.15, -0.1) is 0 Å². The summed E-state index contributed by atoms with van der Waals surface area (Å²) in [6, 6.07) is 5.87. The first-order valence-electron chi connectivity index (χ1n) is 7.54. The molecule has 1 saturated heterocycles. The van der Waals surface area contributed by atoms with Gasteiger partial charge in [-0.25, -0.2) is 0 Å². The number of halogens is 1. The van der Waals surface area contributed by atoms with Crippen molar-refractivity contribution in [1.82, 2.24) is 4.90 Å². The molecule has 0 radical (unpaired) electrons. The van der Waals surface area contributed by atoms with Crippen molar-refractivity contribution in [2.24, 2.45) is 11.8 Å². The molecule has 20 heavy (non-hydrogen) atoms. The van der Waals surface area contributed by atoms with E-state index in [9.17, 15) is 4.79 Å². The van der Waals surface area contributed by atoms with E-state index in [1.807, 2.05) is 30.0 Å². The molecule has 1 aromatic carbocycles. The van der Waals surface area contributed by atoms with Crippen LogP contribution in [-0.2, 0) is 0 Å². The summed E-state index contributed by atoms with van der Waals surface area (Å²) in [6.07, 6.45) is 3.52. The van der Waals surface area contributed by atoms with Crippen LogP contribution in [0.15, 0.2) is 22.7 Å². The molecule has 1 aliphatic heterocycles. The monoisotopic (exact) mass is 337 g/mol. The van der Waals surface area contributed by atoms with E-state index in [1.165, 1.54) is 6.42 Å². The van der Waals surface area contributed by atoms with E-state index in [0.717, 1.165) is 53.4 Å². The molecule has 2 rings (SSSR count). The maximum Gasteiger partial charge on any atom is 0.253 e. The molecule has 110 valence electrons. The van der Waals surface area contributed by atoms with Crippen LogP contribution in [-0.4, -0.2) is 23.9 Å². The van der Waals surface area contributed by atoms with Crippen LogP contribution in [0.3, 0.4) is 0 Å². The van der Waals surface area contributed by atoms with Crippen LogP contribution in [0.4, 0.5) is 0 Å². The van der Waals surface area contributed by atoms with Gasteiger partial charge in [-0.2, -0.15) is 0 Å². The lowest BCUT2D eigenvalue weighted by Gasteiger charge is -2.22. The smallest absolute Gasteiger partial charge is 0.253 e. The summed E-state index contributed by atoms with van der Waals surface area (Å²) in [5, 5.41) is 0. The average Bonchev–Trinajstić information content (AvgIpc) is 2.67. The number of rotatable bonds is 2. The molecule has 0 saturated carbocycles. The van der Waals surface area contributed by atoms with Gasteiger partial charge < -0.3 is 4.90 Å². The zero-order chi connectivity index (χ0) is 14.7. The zero-order valence-electron chi connectivity index (χ0n) is 12.7. The summed E-state index contributed by atoms with van der Waals surface area (Å²) in [5.74, 6) is 1.67. The third-order valence-corrected chi connectivity index (χ3v) is 5.30. The minimum Gasteiger partial charge on any atom is -0.339 e. The summed E-state index contributed by atoms with van der Waals surface area (Å²) < 4.78 is 1.06. The van der Waals surface area contributed by atoms with Gasteiger partial charge in [-0.1, -0.05) is 29.8 Å². The Bertz CT molecular complexity index is 484. The van der Waals surface area contributed by atoms with E-state index in [2.05, 4.69) is 29.8 Å². The van der Waals surface area contributed by atoms with Crippen molar-refractivity contribution in [2.45, 2.75) is 40.0 Å². The quantitative estimate of drug-likeness (QED) is 0.768. The largest absolute Gasteiger partial charge is 0.339 e. The number of hydrogen-bond donors (Lipinski definition) is 0. The van der Waals surface area contributed by atoms with E-state index < -0.39 is 0 Å². The number of carbonyl (C=O) groups excluding carboxylic acids is 1. The van der Waals surface area contributed by atoms with Crippen molar-refractivity contribution in [3.05, 3.63) is 33.8 Å². The van der Waals surface area contributed by atoms with Crippen LogP contribution in [0.25, 0.3) is 0 Å². The second-order valence-electron chi connectivity index (χ2n) is 6.19. The summed E-state index contributed by atoms with van der Waals surface area (Å²) in [4.78, 5) is 14.6. The molecule has 0 N–H and O–H groups in total. The van der Waals surface area contributed by atoms with Crippen molar-refractivity contribution < 1.29 is 4.79 Å². The fourth-order valence-corrected chi connectivity index (χ4v) is 3.20. The van der Waals surface area contributed by atoms with E-state index in [-0.39, 0.29) is 5.91 Å². The highest BCUT2D eigenvalue weighted by atomic mass is 79.9. The average molecular weight is 338 g/mol. The maximum absolute atomic E-state index is 12.6. The van der Waals surface area contributed by atoms with E-state index in [4.69, 9.17) is 0 Å². The fraction of sp³-hybridized carbons (Fsp3) is 0.588. The molecule has 1 unspecified atom stereocenters. The predicted molar refractivity (Wildman–Crippen MR) is 87.0 cm³/mol. The Labute approximate surface area is 130 Å². The van der Waals surface area contributed by atoms with Gasteiger partial charge in [-0.05, 0) is 61.8 Å². The van der Waals surface area contributed by atoms with Gasteiger partial charge in [0.05, 0.1) is 0 Å². The van der Waals surface area contributed by atoms with Crippen molar-refractivity contribution in [2.75, 3.05) is 13.1 Å². The Morgan fingerprint density at radius 3 is 2.70 bits per heavy atom. The summed E-state index contributed by atoms with van der Waals surface area (Å²) in [6.45, 7) is 8.41. The van der Waals surface area contributed by atoms with Crippen LogP contribution in [0.5, 0.6) is 0 Å². The first-order chi connectivity index (χ1) is 9.49. The molecule has 1 atom stereocenters. The fourth-order valence-electron chi connectivity index (χ4n) is 2.95. The molecule has 0 spiro atoms. The molecule has 1 fully saturated rings. The number of aryl methyl sites for hydroxylation is 1. The first-order valence-corrected chi connectivity index (χ1v) is 8.33. The van der Waals surface area contributed by atoms with Gasteiger partial charge in [0, 0.05) is 23.1 Å². The molecule has 0 bridgehead atoms. The normalized spacial score (nSPS) is 20.1. The Hall–Kier alpha value is -0.830. The van der Waals surface area contributed by atoms with Gasteiger partial charge >= 0.3 is 0 Å². The Morgan fingerprint density at radius 2 is 2.05 bits per heavy atom. The second-order valence-corrected chi connectivity index (χ2v) is 7.05. The van der Waals surface area contributed by atoms with Gasteiger partial charge in [0.1, 0.15) is 0 Å². The molecular weight excluding hydrogens is 314 g/mol. The van der Waals surface area contributed by atoms with E-state index in [1.54, 1.807) is 0 Å². The third-order valence-electron chi connectivity index (χ3n) is 4.41. The number of nitrogens with zero attached hydrogens (tertiary/aromatic N) is 1. The maximum atomic E-state index is 12.6. The molecule has 0 aromatic heterocycles. The van der Waals surface area contributed by atoms with Gasteiger partial charge in [-0.3, -0.25) is 4.79 Å². The van der Waals surface area contributed by atoms with Crippen molar-refractivity contribution in [3.63, 3.8) is 0 Å². The zero-order valence-corrected chi connectivity index (χ0v) is 14.2. The Balaban J connectivity index is 2.07. The third kappa shape index (κ3) is 3.63. The summed E-state index contributed by atoms with van der Waals surface area (Å²) in [7, 11) is 0. The molecule has 1 aliphatic rings. The minimum atomic E-state index is 0.185. The number of hydrogen-bond acceptors (Lipinski definition) is 1. The van der Waals surface area contributed by atoms with Gasteiger partial charge in [0.2, 0.25) is 0 Å².